The maximum absolute atomic E-state index is 4.83. The monoisotopic (exact) mass is 259 g/mol. The number of hydrogen-bond donors (Lipinski definition) is 1. The molecule has 4 heteroatoms. The van der Waals surface area contributed by atoms with Gasteiger partial charge in [-0.3, -0.25) is 4.98 Å². The molecular weight excluding hydrogens is 242 g/mol. The zero-order valence-corrected chi connectivity index (χ0v) is 11.3. The molecule has 0 saturated heterocycles. The highest BCUT2D eigenvalue weighted by atomic mass is 32.1. The lowest BCUT2D eigenvalue weighted by molar-refractivity contribution is 0.489. The number of fused-ring (bicyclic) bond motifs is 1. The van der Waals surface area contributed by atoms with Crippen molar-refractivity contribution < 1.29 is 0 Å². The molecule has 0 amide bonds. The fourth-order valence-electron chi connectivity index (χ4n) is 2.50. The Morgan fingerprint density at radius 2 is 2.22 bits per heavy atom. The van der Waals surface area contributed by atoms with Gasteiger partial charge in [-0.1, -0.05) is 0 Å². The predicted molar refractivity (Wildman–Crippen MR) is 73.9 cm³/mol. The first-order chi connectivity index (χ1) is 8.86. The van der Waals surface area contributed by atoms with Crippen molar-refractivity contribution in [1.82, 2.24) is 15.3 Å². The molecule has 1 N–H and O–H groups in total. The number of aromatic nitrogens is 2. The zero-order valence-electron chi connectivity index (χ0n) is 10.5. The smallest absolute Gasteiger partial charge is 0.0975 e. The fourth-order valence-corrected chi connectivity index (χ4v) is 3.71. The first kappa shape index (κ1) is 11.8. The largest absolute Gasteiger partial charge is 0.312 e. The molecule has 1 aliphatic rings. The Morgan fingerprint density at radius 3 is 3.00 bits per heavy atom. The van der Waals surface area contributed by atoms with Gasteiger partial charge in [-0.25, -0.2) is 4.98 Å². The molecule has 3 nitrogen and oxygen atoms in total. The van der Waals surface area contributed by atoms with Crippen LogP contribution in [0.3, 0.4) is 0 Å². The van der Waals surface area contributed by atoms with Crippen molar-refractivity contribution in [1.29, 1.82) is 0 Å². The lowest BCUT2D eigenvalue weighted by Crippen LogP contribution is -2.21. The lowest BCUT2D eigenvalue weighted by atomic mass is 9.98. The van der Waals surface area contributed by atoms with Crippen LogP contribution in [-0.4, -0.2) is 17.0 Å². The number of pyridine rings is 1. The summed E-state index contributed by atoms with van der Waals surface area (Å²) >= 11 is 1.88. The van der Waals surface area contributed by atoms with E-state index in [1.807, 2.05) is 30.8 Å². The molecule has 0 spiro atoms. The van der Waals surface area contributed by atoms with Crippen LogP contribution in [0.1, 0.15) is 40.0 Å². The van der Waals surface area contributed by atoms with Crippen LogP contribution in [0.2, 0.25) is 0 Å². The van der Waals surface area contributed by atoms with Gasteiger partial charge < -0.3 is 5.32 Å². The normalized spacial score (nSPS) is 18.6. The third kappa shape index (κ3) is 2.31. The Morgan fingerprint density at radius 1 is 1.39 bits per heavy atom. The van der Waals surface area contributed by atoms with E-state index in [4.69, 9.17) is 4.98 Å². The van der Waals surface area contributed by atoms with Gasteiger partial charge in [-0.05, 0) is 44.0 Å². The van der Waals surface area contributed by atoms with E-state index in [1.54, 1.807) is 0 Å². The van der Waals surface area contributed by atoms with Gasteiger partial charge in [-0.15, -0.1) is 11.3 Å². The summed E-state index contributed by atoms with van der Waals surface area (Å²) in [7, 11) is 2.03. The molecule has 0 aromatic carbocycles. The summed E-state index contributed by atoms with van der Waals surface area (Å²) in [5, 5.41) is 4.60. The van der Waals surface area contributed by atoms with Gasteiger partial charge in [0.1, 0.15) is 0 Å². The molecule has 0 radical (unpaired) electrons. The van der Waals surface area contributed by atoms with Crippen molar-refractivity contribution in [3.05, 3.63) is 45.7 Å². The second kappa shape index (κ2) is 5.16. The standard InChI is InChI=1S/C14H17N3S/c1-15-11-3-2-4-12-14(11)17-13(18-12)9-10-5-7-16-8-6-10/h5-8,11,15H,2-4,9H2,1H3. The molecule has 18 heavy (non-hydrogen) atoms. The van der Waals surface area contributed by atoms with Gasteiger partial charge in [-0.2, -0.15) is 0 Å². The Bertz CT molecular complexity index is 521. The van der Waals surface area contributed by atoms with Gasteiger partial charge in [0.25, 0.3) is 0 Å². The maximum Gasteiger partial charge on any atom is 0.0975 e. The molecule has 3 rings (SSSR count). The van der Waals surface area contributed by atoms with E-state index < -0.39 is 0 Å². The van der Waals surface area contributed by atoms with E-state index in [0.29, 0.717) is 6.04 Å². The average Bonchev–Trinajstić information content (AvgIpc) is 2.82. The highest BCUT2D eigenvalue weighted by Gasteiger charge is 2.23. The first-order valence-electron chi connectivity index (χ1n) is 6.41. The summed E-state index contributed by atoms with van der Waals surface area (Å²) in [6.45, 7) is 0. The number of nitrogens with one attached hydrogen (secondary N) is 1. The van der Waals surface area contributed by atoms with E-state index in [-0.39, 0.29) is 0 Å². The highest BCUT2D eigenvalue weighted by Crippen LogP contribution is 2.33. The van der Waals surface area contributed by atoms with Crippen LogP contribution in [0, 0.1) is 0 Å². The molecule has 1 atom stereocenters. The molecule has 2 aromatic rings. The van der Waals surface area contributed by atoms with Crippen molar-refractivity contribution in [2.45, 2.75) is 31.7 Å². The Kier molecular flexibility index (Phi) is 3.39. The van der Waals surface area contributed by atoms with Crippen LogP contribution in [0.15, 0.2) is 24.5 Å². The summed E-state index contributed by atoms with van der Waals surface area (Å²) < 4.78 is 0. The van der Waals surface area contributed by atoms with Crippen molar-refractivity contribution in [2.24, 2.45) is 0 Å². The van der Waals surface area contributed by atoms with E-state index in [9.17, 15) is 0 Å². The van der Waals surface area contributed by atoms with Crippen LogP contribution >= 0.6 is 11.3 Å². The van der Waals surface area contributed by atoms with E-state index >= 15 is 0 Å². The summed E-state index contributed by atoms with van der Waals surface area (Å²) in [5.74, 6) is 0. The number of nitrogens with zero attached hydrogens (tertiary/aromatic N) is 2. The summed E-state index contributed by atoms with van der Waals surface area (Å²) in [6.07, 6.45) is 8.30. The van der Waals surface area contributed by atoms with Crippen molar-refractivity contribution in [2.75, 3.05) is 7.05 Å². The summed E-state index contributed by atoms with van der Waals surface area (Å²) in [4.78, 5) is 10.4. The molecule has 0 saturated carbocycles. The van der Waals surface area contributed by atoms with E-state index in [1.165, 1.54) is 40.4 Å². The molecular formula is C14H17N3S. The number of aryl methyl sites for hydroxylation is 1. The Labute approximate surface area is 111 Å². The third-order valence-corrected chi connectivity index (χ3v) is 4.58. The highest BCUT2D eigenvalue weighted by molar-refractivity contribution is 7.11. The van der Waals surface area contributed by atoms with Crippen LogP contribution in [0.5, 0.6) is 0 Å². The minimum absolute atomic E-state index is 0.455. The quantitative estimate of drug-likeness (QED) is 0.921. The number of hydrogen-bond acceptors (Lipinski definition) is 4. The average molecular weight is 259 g/mol. The molecule has 94 valence electrons. The van der Waals surface area contributed by atoms with E-state index in [0.717, 1.165) is 6.42 Å². The van der Waals surface area contributed by atoms with Crippen molar-refractivity contribution in [3.8, 4) is 0 Å². The Balaban J connectivity index is 1.84. The van der Waals surface area contributed by atoms with Crippen molar-refractivity contribution in [3.63, 3.8) is 0 Å². The lowest BCUT2D eigenvalue weighted by Gasteiger charge is -2.19. The van der Waals surface area contributed by atoms with Crippen LogP contribution in [0.25, 0.3) is 0 Å². The fraction of sp³-hybridized carbons (Fsp3) is 0.429. The number of thiazole rings is 1. The van der Waals surface area contributed by atoms with Gasteiger partial charge in [0.2, 0.25) is 0 Å². The molecule has 1 aliphatic carbocycles. The van der Waals surface area contributed by atoms with Crippen LogP contribution in [-0.2, 0) is 12.8 Å². The molecule has 0 bridgehead atoms. The molecule has 0 fully saturated rings. The first-order valence-corrected chi connectivity index (χ1v) is 7.23. The van der Waals surface area contributed by atoms with Gasteiger partial charge >= 0.3 is 0 Å². The van der Waals surface area contributed by atoms with Gasteiger partial charge in [0, 0.05) is 23.7 Å². The van der Waals surface area contributed by atoms with Crippen molar-refractivity contribution >= 4 is 11.3 Å². The molecule has 0 aliphatic heterocycles. The van der Waals surface area contributed by atoms with Crippen LogP contribution in [0.4, 0.5) is 0 Å². The van der Waals surface area contributed by atoms with Crippen LogP contribution < -0.4 is 5.32 Å². The van der Waals surface area contributed by atoms with E-state index in [2.05, 4.69) is 22.4 Å². The van der Waals surface area contributed by atoms with Gasteiger partial charge in [0.15, 0.2) is 0 Å². The molecule has 1 unspecified atom stereocenters. The topological polar surface area (TPSA) is 37.8 Å². The zero-order chi connectivity index (χ0) is 12.4. The third-order valence-electron chi connectivity index (χ3n) is 3.45. The molecule has 2 aromatic heterocycles. The molecule has 2 heterocycles. The minimum Gasteiger partial charge on any atom is -0.312 e. The maximum atomic E-state index is 4.83. The predicted octanol–water partition coefficient (Wildman–Crippen LogP) is 2.73. The number of rotatable bonds is 3. The second-order valence-corrected chi connectivity index (χ2v) is 5.85. The summed E-state index contributed by atoms with van der Waals surface area (Å²) in [6, 6.07) is 4.59. The SMILES string of the molecule is CNC1CCCc2sc(Cc3ccncc3)nc21. The van der Waals surface area contributed by atoms with Gasteiger partial charge in [0.05, 0.1) is 16.7 Å². The Hall–Kier alpha value is -1.26. The summed E-state index contributed by atoms with van der Waals surface area (Å²) in [5.41, 5.74) is 2.58. The second-order valence-electron chi connectivity index (χ2n) is 4.68. The minimum atomic E-state index is 0.455.